The van der Waals surface area contributed by atoms with Gasteiger partial charge in [0.2, 0.25) is 11.7 Å². The number of thiazole rings is 1. The summed E-state index contributed by atoms with van der Waals surface area (Å²) in [6.07, 6.45) is 3.11. The summed E-state index contributed by atoms with van der Waals surface area (Å²) < 4.78 is 0. The van der Waals surface area contributed by atoms with Crippen LogP contribution in [-0.4, -0.2) is 26.8 Å². The molecule has 2 N–H and O–H groups in total. The lowest BCUT2D eigenvalue weighted by atomic mass is 10.2. The first-order chi connectivity index (χ1) is 12.1. The second-order valence-electron chi connectivity index (χ2n) is 5.21. The fourth-order valence-corrected chi connectivity index (χ4v) is 2.79. The quantitative estimate of drug-likeness (QED) is 0.735. The number of para-hydroxylation sites is 1. The predicted octanol–water partition coefficient (Wildman–Crippen LogP) is 2.68. The van der Waals surface area contributed by atoms with Gasteiger partial charge in [0.15, 0.2) is 5.13 Å². The molecular formula is C17H15N5O2S. The molecule has 0 spiro atoms. The lowest BCUT2D eigenvalue weighted by Gasteiger charge is -2.06. The first kappa shape index (κ1) is 16.7. The summed E-state index contributed by atoms with van der Waals surface area (Å²) in [4.78, 5) is 36.1. The third kappa shape index (κ3) is 4.45. The maximum Gasteiger partial charge on any atom is 0.295 e. The Hall–Kier alpha value is -3.13. The Morgan fingerprint density at radius 2 is 1.84 bits per heavy atom. The molecule has 0 aliphatic heterocycles. The molecule has 0 saturated carbocycles. The van der Waals surface area contributed by atoms with E-state index in [-0.39, 0.29) is 18.2 Å². The van der Waals surface area contributed by atoms with Crippen molar-refractivity contribution in [3.8, 4) is 0 Å². The molecule has 8 heteroatoms. The number of hydrogen-bond acceptors (Lipinski definition) is 6. The summed E-state index contributed by atoms with van der Waals surface area (Å²) in [5.74, 6) is -0.536. The van der Waals surface area contributed by atoms with E-state index in [4.69, 9.17) is 0 Å². The van der Waals surface area contributed by atoms with Gasteiger partial charge in [0, 0.05) is 23.5 Å². The van der Waals surface area contributed by atoms with Crippen LogP contribution in [0.4, 0.5) is 10.8 Å². The number of aromatic nitrogens is 3. The van der Waals surface area contributed by atoms with Crippen molar-refractivity contribution in [3.05, 3.63) is 65.2 Å². The number of rotatable bonds is 5. The van der Waals surface area contributed by atoms with E-state index in [1.54, 1.807) is 11.4 Å². The van der Waals surface area contributed by atoms with Crippen LogP contribution in [0.2, 0.25) is 0 Å². The van der Waals surface area contributed by atoms with E-state index in [1.807, 2.05) is 31.2 Å². The number of hydrogen-bond donors (Lipinski definition) is 2. The Labute approximate surface area is 148 Å². The first-order valence-electron chi connectivity index (χ1n) is 7.50. The number of amides is 2. The van der Waals surface area contributed by atoms with E-state index in [2.05, 4.69) is 25.6 Å². The number of carbonyl (C=O) groups is 2. The number of nitrogens with one attached hydrogen (secondary N) is 2. The number of nitrogens with zero attached hydrogens (tertiary/aromatic N) is 3. The van der Waals surface area contributed by atoms with Crippen molar-refractivity contribution in [2.45, 2.75) is 13.3 Å². The van der Waals surface area contributed by atoms with Crippen molar-refractivity contribution in [2.24, 2.45) is 0 Å². The minimum Gasteiger partial charge on any atom is -0.326 e. The molecule has 0 aliphatic rings. The van der Waals surface area contributed by atoms with E-state index in [9.17, 15) is 9.59 Å². The summed E-state index contributed by atoms with van der Waals surface area (Å²) >= 11 is 1.25. The fraction of sp³-hybridized carbons (Fsp3) is 0.118. The van der Waals surface area contributed by atoms with E-state index in [0.717, 1.165) is 11.3 Å². The lowest BCUT2D eigenvalue weighted by Crippen LogP contribution is -2.16. The molecule has 1 aromatic carbocycles. The SMILES string of the molecule is Cc1ccccc1NC(=O)Cc1csc(NC(=O)c2ncccn2)n1. The van der Waals surface area contributed by atoms with Gasteiger partial charge in [-0.25, -0.2) is 15.0 Å². The average molecular weight is 353 g/mol. The molecule has 0 fully saturated rings. The summed E-state index contributed by atoms with van der Waals surface area (Å²) in [5.41, 5.74) is 2.35. The van der Waals surface area contributed by atoms with Gasteiger partial charge in [-0.05, 0) is 24.6 Å². The standard InChI is InChI=1S/C17H15N5O2S/c1-11-5-2-3-6-13(11)21-14(23)9-12-10-25-17(20-12)22-16(24)15-18-7-4-8-19-15/h2-8,10H,9H2,1H3,(H,21,23)(H,20,22,24). The monoisotopic (exact) mass is 353 g/mol. The molecule has 0 bridgehead atoms. The molecular weight excluding hydrogens is 338 g/mol. The molecule has 3 rings (SSSR count). The minimum absolute atomic E-state index is 0.0662. The molecule has 0 saturated heterocycles. The molecule has 2 amide bonds. The van der Waals surface area contributed by atoms with Crippen LogP contribution < -0.4 is 10.6 Å². The maximum atomic E-state index is 12.1. The van der Waals surface area contributed by atoms with E-state index < -0.39 is 5.91 Å². The molecule has 25 heavy (non-hydrogen) atoms. The summed E-state index contributed by atoms with van der Waals surface area (Å²) in [5, 5.41) is 7.61. The summed E-state index contributed by atoms with van der Waals surface area (Å²) in [6, 6.07) is 9.18. The van der Waals surface area contributed by atoms with Crippen molar-refractivity contribution < 1.29 is 9.59 Å². The predicted molar refractivity (Wildman–Crippen MR) is 95.6 cm³/mol. The van der Waals surface area contributed by atoms with Gasteiger partial charge in [0.05, 0.1) is 12.1 Å². The Bertz CT molecular complexity index is 895. The van der Waals surface area contributed by atoms with E-state index >= 15 is 0 Å². The van der Waals surface area contributed by atoms with Gasteiger partial charge in [0.1, 0.15) is 0 Å². The molecule has 2 aromatic heterocycles. The van der Waals surface area contributed by atoms with Gasteiger partial charge in [-0.2, -0.15) is 0 Å². The zero-order chi connectivity index (χ0) is 17.6. The van der Waals surface area contributed by atoms with E-state index in [1.165, 1.54) is 23.7 Å². The van der Waals surface area contributed by atoms with E-state index in [0.29, 0.717) is 10.8 Å². The van der Waals surface area contributed by atoms with Gasteiger partial charge in [0.25, 0.3) is 5.91 Å². The summed E-state index contributed by atoms with van der Waals surface area (Å²) in [6.45, 7) is 1.93. The van der Waals surface area contributed by atoms with Crippen LogP contribution in [0, 0.1) is 6.92 Å². The summed E-state index contributed by atoms with van der Waals surface area (Å²) in [7, 11) is 0. The highest BCUT2D eigenvalue weighted by molar-refractivity contribution is 7.14. The molecule has 7 nitrogen and oxygen atoms in total. The van der Waals surface area contributed by atoms with Crippen LogP contribution in [0.5, 0.6) is 0 Å². The molecule has 0 aliphatic carbocycles. The third-order valence-electron chi connectivity index (χ3n) is 3.30. The Morgan fingerprint density at radius 3 is 2.60 bits per heavy atom. The molecule has 3 aromatic rings. The molecule has 126 valence electrons. The number of anilines is 2. The second-order valence-corrected chi connectivity index (χ2v) is 6.07. The van der Waals surface area contributed by atoms with Crippen molar-refractivity contribution in [1.82, 2.24) is 15.0 Å². The Balaban J connectivity index is 1.59. The number of aryl methyl sites for hydroxylation is 1. The van der Waals surface area contributed by atoms with Gasteiger partial charge < -0.3 is 5.32 Å². The van der Waals surface area contributed by atoms with Crippen LogP contribution in [0.1, 0.15) is 21.9 Å². The fourth-order valence-electron chi connectivity index (χ4n) is 2.09. The Kier molecular flexibility index (Phi) is 5.10. The van der Waals surface area contributed by atoms with Crippen molar-refractivity contribution >= 4 is 34.0 Å². The zero-order valence-corrected chi connectivity index (χ0v) is 14.2. The van der Waals surface area contributed by atoms with Crippen LogP contribution in [0.15, 0.2) is 48.1 Å². The number of carbonyl (C=O) groups excluding carboxylic acids is 2. The highest BCUT2D eigenvalue weighted by Gasteiger charge is 2.13. The van der Waals surface area contributed by atoms with Crippen LogP contribution in [0.25, 0.3) is 0 Å². The Morgan fingerprint density at radius 1 is 1.08 bits per heavy atom. The highest BCUT2D eigenvalue weighted by Crippen LogP contribution is 2.18. The normalized spacial score (nSPS) is 10.3. The largest absolute Gasteiger partial charge is 0.326 e. The molecule has 2 heterocycles. The van der Waals surface area contributed by atoms with Crippen molar-refractivity contribution in [2.75, 3.05) is 10.6 Å². The zero-order valence-electron chi connectivity index (χ0n) is 13.4. The third-order valence-corrected chi connectivity index (χ3v) is 4.11. The van der Waals surface area contributed by atoms with Crippen LogP contribution in [-0.2, 0) is 11.2 Å². The second kappa shape index (κ2) is 7.63. The molecule has 0 atom stereocenters. The van der Waals surface area contributed by atoms with Crippen molar-refractivity contribution in [1.29, 1.82) is 0 Å². The topological polar surface area (TPSA) is 96.9 Å². The smallest absolute Gasteiger partial charge is 0.295 e. The molecule has 0 unspecified atom stereocenters. The minimum atomic E-state index is -0.439. The highest BCUT2D eigenvalue weighted by atomic mass is 32.1. The first-order valence-corrected chi connectivity index (χ1v) is 8.38. The van der Waals surface area contributed by atoms with Gasteiger partial charge >= 0.3 is 0 Å². The lowest BCUT2D eigenvalue weighted by molar-refractivity contribution is -0.115. The maximum absolute atomic E-state index is 12.1. The van der Waals surface area contributed by atoms with Gasteiger partial charge in [-0.3, -0.25) is 14.9 Å². The molecule has 0 radical (unpaired) electrons. The van der Waals surface area contributed by atoms with Crippen molar-refractivity contribution in [3.63, 3.8) is 0 Å². The van der Waals surface area contributed by atoms with Gasteiger partial charge in [-0.1, -0.05) is 18.2 Å². The van der Waals surface area contributed by atoms with Crippen LogP contribution in [0.3, 0.4) is 0 Å². The average Bonchev–Trinajstić information content (AvgIpc) is 3.04. The van der Waals surface area contributed by atoms with Gasteiger partial charge in [-0.15, -0.1) is 11.3 Å². The number of benzene rings is 1. The van der Waals surface area contributed by atoms with Crippen LogP contribution >= 0.6 is 11.3 Å².